The quantitative estimate of drug-likeness (QED) is 0.782. The molecular formula is C9H9N3O2. The number of hydrogen-bond donors (Lipinski definition) is 1. The van der Waals surface area contributed by atoms with Crippen LogP contribution in [0.25, 0.3) is 11.0 Å². The number of carboxylic acids is 1. The van der Waals surface area contributed by atoms with Crippen LogP contribution in [0.3, 0.4) is 0 Å². The van der Waals surface area contributed by atoms with Crippen LogP contribution < -0.4 is 0 Å². The summed E-state index contributed by atoms with van der Waals surface area (Å²) < 4.78 is 0. The van der Waals surface area contributed by atoms with E-state index in [9.17, 15) is 4.79 Å². The standard InChI is InChI=1S/C9H9N3O2/c13-9(14)5-6-12-10-7-3-1-2-4-8(7)11-12/h1-4H,5-6H2,(H,13,14). The zero-order chi connectivity index (χ0) is 9.97. The first-order chi connectivity index (χ1) is 6.75. The lowest BCUT2D eigenvalue weighted by atomic mass is 10.3. The first-order valence-electron chi connectivity index (χ1n) is 4.27. The van der Waals surface area contributed by atoms with Crippen molar-refractivity contribution in [3.63, 3.8) is 0 Å². The molecular weight excluding hydrogens is 182 g/mol. The van der Waals surface area contributed by atoms with Gasteiger partial charge in [-0.3, -0.25) is 4.79 Å². The van der Waals surface area contributed by atoms with Gasteiger partial charge in [0.05, 0.1) is 13.0 Å². The molecule has 0 unspecified atom stereocenters. The van der Waals surface area contributed by atoms with Crippen LogP contribution in [0.1, 0.15) is 6.42 Å². The van der Waals surface area contributed by atoms with Crippen LogP contribution in [-0.2, 0) is 11.3 Å². The number of fused-ring (bicyclic) bond motifs is 1. The minimum absolute atomic E-state index is 0.0426. The smallest absolute Gasteiger partial charge is 0.305 e. The van der Waals surface area contributed by atoms with Crippen molar-refractivity contribution in [2.24, 2.45) is 0 Å². The van der Waals surface area contributed by atoms with Crippen molar-refractivity contribution in [2.45, 2.75) is 13.0 Å². The normalized spacial score (nSPS) is 10.6. The van der Waals surface area contributed by atoms with Gasteiger partial charge in [0.25, 0.3) is 0 Å². The van der Waals surface area contributed by atoms with Crippen molar-refractivity contribution in [1.82, 2.24) is 15.0 Å². The predicted octanol–water partition coefficient (Wildman–Crippen LogP) is 0.906. The third-order valence-corrected chi connectivity index (χ3v) is 1.85. The Hall–Kier alpha value is -1.91. The second-order valence-electron chi connectivity index (χ2n) is 2.93. The van der Waals surface area contributed by atoms with E-state index in [1.807, 2.05) is 24.3 Å². The minimum atomic E-state index is -0.841. The Kier molecular flexibility index (Phi) is 2.14. The maximum absolute atomic E-state index is 10.3. The number of aromatic nitrogens is 3. The molecule has 2 aromatic rings. The fraction of sp³-hybridized carbons (Fsp3) is 0.222. The van der Waals surface area contributed by atoms with E-state index in [4.69, 9.17) is 5.11 Å². The molecule has 14 heavy (non-hydrogen) atoms. The minimum Gasteiger partial charge on any atom is -0.481 e. The highest BCUT2D eigenvalue weighted by Crippen LogP contribution is 2.06. The summed E-state index contributed by atoms with van der Waals surface area (Å²) in [6.07, 6.45) is 0.0426. The van der Waals surface area contributed by atoms with Crippen molar-refractivity contribution >= 4 is 17.0 Å². The summed E-state index contributed by atoms with van der Waals surface area (Å²) in [6, 6.07) is 7.44. The highest BCUT2D eigenvalue weighted by Gasteiger charge is 2.02. The van der Waals surface area contributed by atoms with E-state index in [2.05, 4.69) is 10.2 Å². The molecule has 1 N–H and O–H groups in total. The molecule has 0 spiro atoms. The monoisotopic (exact) mass is 191 g/mol. The first-order valence-corrected chi connectivity index (χ1v) is 4.27. The number of nitrogens with zero attached hydrogens (tertiary/aromatic N) is 3. The molecule has 0 aliphatic carbocycles. The largest absolute Gasteiger partial charge is 0.481 e. The number of rotatable bonds is 3. The van der Waals surface area contributed by atoms with Gasteiger partial charge in [0.15, 0.2) is 0 Å². The molecule has 0 aliphatic rings. The number of benzene rings is 1. The van der Waals surface area contributed by atoms with Crippen LogP contribution in [0.15, 0.2) is 24.3 Å². The summed E-state index contributed by atoms with van der Waals surface area (Å²) in [5.74, 6) is -0.841. The lowest BCUT2D eigenvalue weighted by Crippen LogP contribution is -2.07. The molecule has 0 radical (unpaired) electrons. The first kappa shape index (κ1) is 8.68. The predicted molar refractivity (Wildman–Crippen MR) is 49.8 cm³/mol. The van der Waals surface area contributed by atoms with Gasteiger partial charge in [-0.15, -0.1) is 0 Å². The van der Waals surface area contributed by atoms with Crippen LogP contribution in [0.4, 0.5) is 0 Å². The van der Waals surface area contributed by atoms with E-state index in [0.29, 0.717) is 6.54 Å². The van der Waals surface area contributed by atoms with Crippen molar-refractivity contribution in [3.05, 3.63) is 24.3 Å². The van der Waals surface area contributed by atoms with Gasteiger partial charge in [0.1, 0.15) is 11.0 Å². The van der Waals surface area contributed by atoms with Gasteiger partial charge < -0.3 is 5.11 Å². The molecule has 0 atom stereocenters. The Labute approximate surface area is 80.0 Å². The maximum atomic E-state index is 10.3. The van der Waals surface area contributed by atoms with E-state index in [0.717, 1.165) is 11.0 Å². The lowest BCUT2D eigenvalue weighted by molar-refractivity contribution is -0.137. The maximum Gasteiger partial charge on any atom is 0.305 e. The number of aliphatic carboxylic acids is 1. The molecule has 0 aliphatic heterocycles. The highest BCUT2D eigenvalue weighted by atomic mass is 16.4. The average molecular weight is 191 g/mol. The van der Waals surface area contributed by atoms with E-state index < -0.39 is 5.97 Å². The Morgan fingerprint density at radius 1 is 1.29 bits per heavy atom. The fourth-order valence-electron chi connectivity index (χ4n) is 1.20. The van der Waals surface area contributed by atoms with Gasteiger partial charge in [0, 0.05) is 0 Å². The molecule has 1 aromatic heterocycles. The van der Waals surface area contributed by atoms with Crippen molar-refractivity contribution in [3.8, 4) is 0 Å². The van der Waals surface area contributed by atoms with Gasteiger partial charge in [0.2, 0.25) is 0 Å². The molecule has 5 heteroatoms. The van der Waals surface area contributed by atoms with Crippen LogP contribution in [-0.4, -0.2) is 26.1 Å². The molecule has 0 saturated carbocycles. The third kappa shape index (κ3) is 1.71. The second-order valence-corrected chi connectivity index (χ2v) is 2.93. The summed E-state index contributed by atoms with van der Waals surface area (Å²) in [7, 11) is 0. The van der Waals surface area contributed by atoms with Crippen molar-refractivity contribution in [1.29, 1.82) is 0 Å². The van der Waals surface area contributed by atoms with E-state index in [1.54, 1.807) is 0 Å². The second kappa shape index (κ2) is 3.45. The van der Waals surface area contributed by atoms with E-state index in [1.165, 1.54) is 4.80 Å². The van der Waals surface area contributed by atoms with E-state index >= 15 is 0 Å². The van der Waals surface area contributed by atoms with Crippen LogP contribution >= 0.6 is 0 Å². The summed E-state index contributed by atoms with van der Waals surface area (Å²) in [6.45, 7) is 0.310. The van der Waals surface area contributed by atoms with Gasteiger partial charge in [-0.2, -0.15) is 15.0 Å². The number of aryl methyl sites for hydroxylation is 1. The fourth-order valence-corrected chi connectivity index (χ4v) is 1.20. The summed E-state index contributed by atoms with van der Waals surface area (Å²) in [4.78, 5) is 11.7. The van der Waals surface area contributed by atoms with E-state index in [-0.39, 0.29) is 6.42 Å². The Morgan fingerprint density at radius 3 is 2.36 bits per heavy atom. The summed E-state index contributed by atoms with van der Waals surface area (Å²) in [5.41, 5.74) is 1.58. The van der Waals surface area contributed by atoms with Crippen LogP contribution in [0.2, 0.25) is 0 Å². The third-order valence-electron chi connectivity index (χ3n) is 1.85. The average Bonchev–Trinajstić information content (AvgIpc) is 2.57. The van der Waals surface area contributed by atoms with Gasteiger partial charge >= 0.3 is 5.97 Å². The van der Waals surface area contributed by atoms with Crippen LogP contribution in [0.5, 0.6) is 0 Å². The van der Waals surface area contributed by atoms with Gasteiger partial charge in [-0.25, -0.2) is 0 Å². The molecule has 72 valence electrons. The van der Waals surface area contributed by atoms with Gasteiger partial charge in [-0.05, 0) is 12.1 Å². The number of carbonyl (C=O) groups is 1. The van der Waals surface area contributed by atoms with Crippen LogP contribution in [0, 0.1) is 0 Å². The van der Waals surface area contributed by atoms with Gasteiger partial charge in [-0.1, -0.05) is 12.1 Å². The summed E-state index contributed by atoms with van der Waals surface area (Å²) in [5, 5.41) is 16.7. The molecule has 2 rings (SSSR count). The molecule has 0 bridgehead atoms. The SMILES string of the molecule is O=C(O)CCn1nc2ccccc2n1. The summed E-state index contributed by atoms with van der Waals surface area (Å²) >= 11 is 0. The number of carboxylic acid groups (broad SMARTS) is 1. The molecule has 0 fully saturated rings. The molecule has 1 aromatic carbocycles. The topological polar surface area (TPSA) is 68.0 Å². The zero-order valence-electron chi connectivity index (χ0n) is 7.42. The Bertz CT molecular complexity index is 431. The molecule has 5 nitrogen and oxygen atoms in total. The van der Waals surface area contributed by atoms with Crippen molar-refractivity contribution in [2.75, 3.05) is 0 Å². The Balaban J connectivity index is 2.22. The van der Waals surface area contributed by atoms with Crippen molar-refractivity contribution < 1.29 is 9.90 Å². The number of hydrogen-bond acceptors (Lipinski definition) is 3. The Morgan fingerprint density at radius 2 is 1.86 bits per heavy atom. The molecule has 0 amide bonds. The molecule has 0 saturated heterocycles. The molecule has 1 heterocycles. The zero-order valence-corrected chi connectivity index (χ0v) is 7.42. The lowest BCUT2D eigenvalue weighted by Gasteiger charge is -1.93. The highest BCUT2D eigenvalue weighted by molar-refractivity contribution is 5.73.